The van der Waals surface area contributed by atoms with Gasteiger partial charge in [0.2, 0.25) is 0 Å². The lowest BCUT2D eigenvalue weighted by Gasteiger charge is -2.07. The van der Waals surface area contributed by atoms with Crippen molar-refractivity contribution in [2.75, 3.05) is 6.61 Å². The van der Waals surface area contributed by atoms with Crippen LogP contribution in [0.2, 0.25) is 0 Å². The lowest BCUT2D eigenvalue weighted by molar-refractivity contribution is 0.0682. The van der Waals surface area contributed by atoms with Crippen LogP contribution in [-0.2, 0) is 6.54 Å². The first-order valence-corrected chi connectivity index (χ1v) is 5.62. The number of para-hydroxylation sites is 1. The van der Waals surface area contributed by atoms with E-state index in [0.717, 1.165) is 5.75 Å². The molecular weight excluding hydrogens is 232 g/mol. The summed E-state index contributed by atoms with van der Waals surface area (Å²) in [5, 5.41) is 13.1. The van der Waals surface area contributed by atoms with E-state index < -0.39 is 5.97 Å². The van der Waals surface area contributed by atoms with Gasteiger partial charge in [0.1, 0.15) is 18.1 Å². The molecule has 0 unspecified atom stereocenters. The number of ether oxygens (including phenoxy) is 1. The molecule has 1 heterocycles. The largest absolute Gasteiger partial charge is 0.492 e. The number of carboxylic acids is 1. The quantitative estimate of drug-likeness (QED) is 0.876. The highest BCUT2D eigenvalue weighted by molar-refractivity contribution is 5.85. The Labute approximate surface area is 105 Å². The smallest absolute Gasteiger partial charge is 0.354 e. The third kappa shape index (κ3) is 2.88. The highest BCUT2D eigenvalue weighted by atomic mass is 16.5. The topological polar surface area (TPSA) is 64.3 Å². The summed E-state index contributed by atoms with van der Waals surface area (Å²) in [6.45, 7) is 2.55. The number of carboxylic acid groups (broad SMARTS) is 1. The van der Waals surface area contributed by atoms with Gasteiger partial charge in [-0.1, -0.05) is 18.2 Å². The average Bonchev–Trinajstić information content (AvgIpc) is 2.72. The Hall–Kier alpha value is -2.30. The molecule has 0 aliphatic carbocycles. The molecule has 0 saturated carbocycles. The van der Waals surface area contributed by atoms with Gasteiger partial charge in [-0.3, -0.25) is 4.68 Å². The number of aryl methyl sites for hydroxylation is 1. The maximum atomic E-state index is 11.0. The number of carbonyl (C=O) groups is 1. The van der Waals surface area contributed by atoms with Crippen LogP contribution in [-0.4, -0.2) is 27.5 Å². The minimum atomic E-state index is -0.977. The fourth-order valence-corrected chi connectivity index (χ4v) is 1.65. The van der Waals surface area contributed by atoms with Crippen molar-refractivity contribution < 1.29 is 14.6 Å². The number of benzene rings is 1. The minimum Gasteiger partial charge on any atom is -0.492 e. The second kappa shape index (κ2) is 5.35. The van der Waals surface area contributed by atoms with E-state index >= 15 is 0 Å². The zero-order valence-corrected chi connectivity index (χ0v) is 10.0. The van der Waals surface area contributed by atoms with Gasteiger partial charge < -0.3 is 9.84 Å². The molecule has 2 aromatic rings. The number of rotatable bonds is 5. The van der Waals surface area contributed by atoms with Crippen LogP contribution in [0.25, 0.3) is 0 Å². The standard InChI is InChI=1S/C13H14N2O3/c1-10-9-12(13(16)17)15(14-10)7-8-18-11-5-3-2-4-6-11/h2-6,9H,7-8H2,1H3,(H,16,17). The van der Waals surface area contributed by atoms with Crippen LogP contribution in [0, 0.1) is 6.92 Å². The molecule has 0 radical (unpaired) electrons. The Morgan fingerprint density at radius 1 is 1.39 bits per heavy atom. The molecule has 5 nitrogen and oxygen atoms in total. The summed E-state index contributed by atoms with van der Waals surface area (Å²) in [5.74, 6) is -0.214. The van der Waals surface area contributed by atoms with E-state index in [2.05, 4.69) is 5.10 Å². The van der Waals surface area contributed by atoms with Crippen molar-refractivity contribution in [1.29, 1.82) is 0 Å². The number of aromatic carboxylic acids is 1. The van der Waals surface area contributed by atoms with Gasteiger partial charge in [0.25, 0.3) is 0 Å². The van der Waals surface area contributed by atoms with Crippen molar-refractivity contribution in [2.24, 2.45) is 0 Å². The zero-order valence-electron chi connectivity index (χ0n) is 10.0. The van der Waals surface area contributed by atoms with E-state index in [1.54, 1.807) is 13.0 Å². The van der Waals surface area contributed by atoms with Crippen LogP contribution < -0.4 is 4.74 Å². The molecule has 0 spiro atoms. The van der Waals surface area contributed by atoms with Crippen molar-refractivity contribution in [3.8, 4) is 5.75 Å². The SMILES string of the molecule is Cc1cc(C(=O)O)n(CCOc2ccccc2)n1. The van der Waals surface area contributed by atoms with Crippen molar-refractivity contribution in [3.63, 3.8) is 0 Å². The third-order valence-corrected chi connectivity index (χ3v) is 2.44. The van der Waals surface area contributed by atoms with E-state index in [1.165, 1.54) is 4.68 Å². The monoisotopic (exact) mass is 246 g/mol. The number of hydrogen-bond donors (Lipinski definition) is 1. The Bertz CT molecular complexity index is 534. The second-order valence-corrected chi connectivity index (χ2v) is 3.86. The van der Waals surface area contributed by atoms with Crippen LogP contribution in [0.1, 0.15) is 16.2 Å². The molecule has 0 bridgehead atoms. The van der Waals surface area contributed by atoms with Crippen LogP contribution in [0.5, 0.6) is 5.75 Å². The van der Waals surface area contributed by atoms with E-state index in [4.69, 9.17) is 9.84 Å². The molecule has 18 heavy (non-hydrogen) atoms. The van der Waals surface area contributed by atoms with Crippen molar-refractivity contribution in [3.05, 3.63) is 47.8 Å². The van der Waals surface area contributed by atoms with Crippen LogP contribution in [0.4, 0.5) is 0 Å². The van der Waals surface area contributed by atoms with Crippen molar-refractivity contribution in [1.82, 2.24) is 9.78 Å². The highest BCUT2D eigenvalue weighted by Gasteiger charge is 2.11. The summed E-state index contributed by atoms with van der Waals surface area (Å²) < 4.78 is 6.95. The summed E-state index contributed by atoms with van der Waals surface area (Å²) >= 11 is 0. The molecule has 94 valence electrons. The lowest BCUT2D eigenvalue weighted by atomic mass is 10.3. The molecule has 2 rings (SSSR count). The molecule has 0 atom stereocenters. The normalized spacial score (nSPS) is 10.3. The molecule has 0 saturated heterocycles. The lowest BCUT2D eigenvalue weighted by Crippen LogP contribution is -2.15. The molecule has 1 aromatic heterocycles. The first-order valence-electron chi connectivity index (χ1n) is 5.62. The molecule has 5 heteroatoms. The predicted molar refractivity (Wildman–Crippen MR) is 65.9 cm³/mol. The van der Waals surface area contributed by atoms with Crippen LogP contribution in [0.3, 0.4) is 0 Å². The van der Waals surface area contributed by atoms with Gasteiger partial charge in [-0.2, -0.15) is 5.10 Å². The van der Waals surface area contributed by atoms with E-state index in [1.807, 2.05) is 30.3 Å². The van der Waals surface area contributed by atoms with Gasteiger partial charge in [0.05, 0.1) is 12.2 Å². The Morgan fingerprint density at radius 3 is 2.78 bits per heavy atom. The van der Waals surface area contributed by atoms with Crippen molar-refractivity contribution in [2.45, 2.75) is 13.5 Å². The molecule has 0 aliphatic heterocycles. The van der Waals surface area contributed by atoms with Gasteiger partial charge in [-0.15, -0.1) is 0 Å². The molecule has 0 fully saturated rings. The second-order valence-electron chi connectivity index (χ2n) is 3.86. The Balaban J connectivity index is 1.96. The first-order chi connectivity index (χ1) is 8.66. The first kappa shape index (κ1) is 12.2. The maximum absolute atomic E-state index is 11.0. The number of hydrogen-bond acceptors (Lipinski definition) is 3. The molecule has 1 aromatic carbocycles. The molecule has 1 N–H and O–H groups in total. The molecular formula is C13H14N2O3. The third-order valence-electron chi connectivity index (χ3n) is 2.44. The Morgan fingerprint density at radius 2 is 2.11 bits per heavy atom. The number of aromatic nitrogens is 2. The molecule has 0 aliphatic rings. The van der Waals surface area contributed by atoms with Gasteiger partial charge in [0.15, 0.2) is 0 Å². The Kier molecular flexibility index (Phi) is 3.62. The summed E-state index contributed by atoms with van der Waals surface area (Å²) in [4.78, 5) is 11.0. The average molecular weight is 246 g/mol. The minimum absolute atomic E-state index is 0.184. The van der Waals surface area contributed by atoms with Gasteiger partial charge in [-0.25, -0.2) is 4.79 Å². The molecule has 0 amide bonds. The van der Waals surface area contributed by atoms with Gasteiger partial charge >= 0.3 is 5.97 Å². The van der Waals surface area contributed by atoms with Gasteiger partial charge in [-0.05, 0) is 25.1 Å². The van der Waals surface area contributed by atoms with E-state index in [-0.39, 0.29) is 5.69 Å². The predicted octanol–water partition coefficient (Wildman–Crippen LogP) is 1.97. The van der Waals surface area contributed by atoms with Gasteiger partial charge in [0, 0.05) is 0 Å². The van der Waals surface area contributed by atoms with Crippen LogP contribution >= 0.6 is 0 Å². The highest BCUT2D eigenvalue weighted by Crippen LogP contribution is 2.09. The number of nitrogens with zero attached hydrogens (tertiary/aromatic N) is 2. The maximum Gasteiger partial charge on any atom is 0.354 e. The van der Waals surface area contributed by atoms with Crippen molar-refractivity contribution >= 4 is 5.97 Å². The van der Waals surface area contributed by atoms with E-state index in [9.17, 15) is 4.79 Å². The summed E-state index contributed by atoms with van der Waals surface area (Å²) in [6.07, 6.45) is 0. The fourth-order valence-electron chi connectivity index (χ4n) is 1.65. The zero-order chi connectivity index (χ0) is 13.0. The fraction of sp³-hybridized carbons (Fsp3) is 0.231. The summed E-state index contributed by atoms with van der Waals surface area (Å²) in [5.41, 5.74) is 0.872. The summed E-state index contributed by atoms with van der Waals surface area (Å²) in [7, 11) is 0. The van der Waals surface area contributed by atoms with Crippen LogP contribution in [0.15, 0.2) is 36.4 Å². The van der Waals surface area contributed by atoms with E-state index in [0.29, 0.717) is 18.8 Å². The summed E-state index contributed by atoms with van der Waals surface area (Å²) in [6, 6.07) is 10.9.